The normalized spacial score (nSPS) is 18.4. The van der Waals surface area contributed by atoms with Gasteiger partial charge in [-0.15, -0.1) is 0 Å². The summed E-state index contributed by atoms with van der Waals surface area (Å²) in [7, 11) is 1.78. The molecule has 5 rings (SSSR count). The first-order chi connectivity index (χ1) is 17.6. The van der Waals surface area contributed by atoms with Crippen LogP contribution in [0.15, 0.2) is 42.7 Å². The number of benzene rings is 2. The average molecular weight is 533 g/mol. The van der Waals surface area contributed by atoms with Crippen molar-refractivity contribution >= 4 is 22.5 Å². The zero-order valence-electron chi connectivity index (χ0n) is 19.8. The Morgan fingerprint density at radius 2 is 2.11 bits per heavy atom. The summed E-state index contributed by atoms with van der Waals surface area (Å²) in [5.41, 5.74) is 2.37. The third kappa shape index (κ3) is 4.99. The lowest BCUT2D eigenvalue weighted by Gasteiger charge is -2.35. The molecular weight excluding hydrogens is 511 g/mol. The fraction of sp³-hybridized carbons (Fsp3) is 0.320. The Morgan fingerprint density at radius 3 is 2.84 bits per heavy atom. The van der Waals surface area contributed by atoms with Gasteiger partial charge in [0.25, 0.3) is 0 Å². The maximum Gasteiger partial charge on any atom is 0.408 e. The number of nitrogens with zero attached hydrogens (tertiary/aromatic N) is 4. The Bertz CT molecular complexity index is 1460. The monoisotopic (exact) mass is 532 g/mol. The van der Waals surface area contributed by atoms with Crippen LogP contribution in [0.2, 0.25) is 5.02 Å². The van der Waals surface area contributed by atoms with Crippen molar-refractivity contribution in [2.24, 2.45) is 7.05 Å². The summed E-state index contributed by atoms with van der Waals surface area (Å²) in [6.45, 7) is 1.76. The van der Waals surface area contributed by atoms with Crippen LogP contribution in [-0.4, -0.2) is 45.1 Å². The van der Waals surface area contributed by atoms with Gasteiger partial charge in [-0.05, 0) is 36.8 Å². The van der Waals surface area contributed by atoms with Crippen molar-refractivity contribution in [2.75, 3.05) is 13.2 Å². The minimum atomic E-state index is -4.41. The van der Waals surface area contributed by atoms with Crippen LogP contribution in [0.3, 0.4) is 0 Å². The number of hydrogen-bond donors (Lipinski definition) is 1. The highest BCUT2D eigenvalue weighted by atomic mass is 35.5. The summed E-state index contributed by atoms with van der Waals surface area (Å²) < 4.78 is 54.8. The van der Waals surface area contributed by atoms with E-state index < -0.39 is 24.1 Å². The number of para-hydroxylation sites is 1. The summed E-state index contributed by atoms with van der Waals surface area (Å²) in [5, 5.41) is 19.3. The van der Waals surface area contributed by atoms with Crippen molar-refractivity contribution in [3.63, 3.8) is 0 Å². The first kappa shape index (κ1) is 25.4. The van der Waals surface area contributed by atoms with Gasteiger partial charge in [-0.2, -0.15) is 19.0 Å². The van der Waals surface area contributed by atoms with Crippen molar-refractivity contribution in [1.82, 2.24) is 25.1 Å². The topological polar surface area (TPSA) is 94.0 Å². The molecule has 2 aromatic carbocycles. The Hall–Kier alpha value is -3.25. The van der Waals surface area contributed by atoms with E-state index in [9.17, 15) is 18.3 Å². The van der Waals surface area contributed by atoms with E-state index in [2.05, 4.69) is 20.4 Å². The van der Waals surface area contributed by atoms with Crippen molar-refractivity contribution in [3.05, 3.63) is 70.4 Å². The number of alkyl halides is 2. The quantitative estimate of drug-likeness (QED) is 0.385. The highest BCUT2D eigenvalue weighted by Crippen LogP contribution is 2.38. The number of pyridine rings is 1. The van der Waals surface area contributed by atoms with Gasteiger partial charge in [0.2, 0.25) is 0 Å². The van der Waals surface area contributed by atoms with Gasteiger partial charge in [0.1, 0.15) is 30.0 Å². The van der Waals surface area contributed by atoms with Crippen molar-refractivity contribution < 1.29 is 27.8 Å². The van der Waals surface area contributed by atoms with Crippen LogP contribution in [0.4, 0.5) is 13.2 Å². The van der Waals surface area contributed by atoms with Crippen LogP contribution in [-0.2, 0) is 23.5 Å². The first-order valence-electron chi connectivity index (χ1n) is 11.4. The largest absolute Gasteiger partial charge is 0.487 e. The first-order valence-corrected chi connectivity index (χ1v) is 11.8. The molecule has 0 amide bonds. The van der Waals surface area contributed by atoms with Crippen LogP contribution >= 0.6 is 11.6 Å². The number of ether oxygens (including phenoxy) is 2. The van der Waals surface area contributed by atoms with Gasteiger partial charge in [-0.3, -0.25) is 0 Å². The van der Waals surface area contributed by atoms with Gasteiger partial charge in [-0.25, -0.2) is 19.0 Å². The van der Waals surface area contributed by atoms with E-state index in [-0.39, 0.29) is 35.9 Å². The fourth-order valence-corrected chi connectivity index (χ4v) is 4.83. The SMILES string of the molecule is Cc1cc(-c2ncnn2C)c2cccc(OCc3c(Cl)cc(F)cc3[C@H]3NCCOC3C([O])(F)F)c2n1. The number of fused-ring (bicyclic) bond motifs is 1. The number of hydrogen-bond acceptors (Lipinski definition) is 6. The number of rotatable bonds is 6. The summed E-state index contributed by atoms with van der Waals surface area (Å²) in [6.07, 6.45) is -5.01. The molecule has 2 aromatic heterocycles. The third-order valence-corrected chi connectivity index (χ3v) is 6.52. The summed E-state index contributed by atoms with van der Waals surface area (Å²) in [6, 6.07) is 8.10. The molecule has 1 unspecified atom stereocenters. The maximum absolute atomic E-state index is 14.3. The fourth-order valence-electron chi connectivity index (χ4n) is 4.56. The summed E-state index contributed by atoms with van der Waals surface area (Å²) in [4.78, 5) is 8.97. The maximum atomic E-state index is 14.3. The minimum absolute atomic E-state index is 0.0283. The molecule has 2 atom stereocenters. The Labute approximate surface area is 215 Å². The Kier molecular flexibility index (Phi) is 6.80. The van der Waals surface area contributed by atoms with E-state index in [4.69, 9.17) is 21.1 Å². The molecule has 3 heterocycles. The van der Waals surface area contributed by atoms with Crippen LogP contribution in [0.1, 0.15) is 22.9 Å². The van der Waals surface area contributed by atoms with Crippen LogP contribution in [0.5, 0.6) is 5.75 Å². The number of nitrogens with one attached hydrogen (secondary N) is 1. The number of aryl methyl sites for hydroxylation is 2. The van der Waals surface area contributed by atoms with Crippen molar-refractivity contribution in [2.45, 2.75) is 31.8 Å². The highest BCUT2D eigenvalue weighted by Gasteiger charge is 2.48. The molecule has 1 radical (unpaired) electrons. The van der Waals surface area contributed by atoms with Crippen molar-refractivity contribution in [1.29, 1.82) is 0 Å². The lowest BCUT2D eigenvalue weighted by Crippen LogP contribution is -2.50. The molecule has 4 aromatic rings. The van der Waals surface area contributed by atoms with Gasteiger partial charge in [0.05, 0.1) is 17.7 Å². The predicted octanol–water partition coefficient (Wildman–Crippen LogP) is 4.76. The third-order valence-electron chi connectivity index (χ3n) is 6.18. The van der Waals surface area contributed by atoms with Gasteiger partial charge in [0.15, 0.2) is 11.9 Å². The molecular formula is C25H22ClF3N5O3. The molecule has 8 nitrogen and oxygen atoms in total. The van der Waals surface area contributed by atoms with Gasteiger partial charge >= 0.3 is 6.11 Å². The molecule has 37 heavy (non-hydrogen) atoms. The lowest BCUT2D eigenvalue weighted by molar-refractivity contribution is -0.314. The van der Waals surface area contributed by atoms with E-state index in [0.29, 0.717) is 22.8 Å². The molecule has 193 valence electrons. The van der Waals surface area contributed by atoms with Crippen molar-refractivity contribution in [3.8, 4) is 17.1 Å². The van der Waals surface area contributed by atoms with E-state index in [1.807, 2.05) is 19.1 Å². The molecule has 1 fully saturated rings. The van der Waals surface area contributed by atoms with Gasteiger partial charge in [-0.1, -0.05) is 23.7 Å². The van der Waals surface area contributed by atoms with E-state index in [0.717, 1.165) is 23.1 Å². The minimum Gasteiger partial charge on any atom is -0.487 e. The lowest BCUT2D eigenvalue weighted by atomic mass is 9.94. The standard InChI is InChI=1S/C25H22ClF3N5O3/c1-13-8-17(24-31-12-32-34(24)2)15-4-3-5-20(21(15)33-13)37-11-18-16(9-14(27)10-19(18)26)22-23(25(28,29)35)36-7-6-30-22/h3-5,8-10,12,22-23,30H,6-7,11H2,1-2H3/t22-,23?/m1/s1. The summed E-state index contributed by atoms with van der Waals surface area (Å²) >= 11 is 6.35. The molecule has 0 saturated carbocycles. The van der Waals surface area contributed by atoms with Crippen LogP contribution in [0, 0.1) is 12.7 Å². The Balaban J connectivity index is 1.54. The second kappa shape index (κ2) is 9.90. The van der Waals surface area contributed by atoms with Gasteiger partial charge in [0, 0.05) is 35.8 Å². The highest BCUT2D eigenvalue weighted by molar-refractivity contribution is 6.31. The molecule has 12 heteroatoms. The second-order valence-corrected chi connectivity index (χ2v) is 9.11. The molecule has 0 bridgehead atoms. The summed E-state index contributed by atoms with van der Waals surface area (Å²) in [5.74, 6) is 0.304. The molecule has 1 aliphatic heterocycles. The molecule has 1 saturated heterocycles. The molecule has 0 spiro atoms. The molecule has 0 aliphatic carbocycles. The Morgan fingerprint density at radius 1 is 1.30 bits per heavy atom. The number of halogens is 4. The van der Waals surface area contributed by atoms with E-state index >= 15 is 0 Å². The van der Waals surface area contributed by atoms with Crippen LogP contribution < -0.4 is 10.1 Å². The molecule has 1 N–H and O–H groups in total. The second-order valence-electron chi connectivity index (χ2n) is 8.70. The van der Waals surface area contributed by atoms with Crippen LogP contribution in [0.25, 0.3) is 22.3 Å². The van der Waals surface area contributed by atoms with Gasteiger partial charge < -0.3 is 14.8 Å². The number of morpholine rings is 1. The van der Waals surface area contributed by atoms with E-state index in [1.54, 1.807) is 23.9 Å². The zero-order valence-corrected chi connectivity index (χ0v) is 20.6. The average Bonchev–Trinajstić information content (AvgIpc) is 3.27. The molecule has 1 aliphatic rings. The number of aromatic nitrogens is 4. The van der Waals surface area contributed by atoms with E-state index in [1.165, 1.54) is 6.33 Å². The smallest absolute Gasteiger partial charge is 0.408 e. The predicted molar refractivity (Wildman–Crippen MR) is 128 cm³/mol. The zero-order chi connectivity index (χ0) is 26.3.